The van der Waals surface area contributed by atoms with Gasteiger partial charge in [-0.15, -0.1) is 0 Å². The molecule has 6 nitrogen and oxygen atoms in total. The number of nitrogens with one attached hydrogen (secondary N) is 1. The van der Waals surface area contributed by atoms with E-state index in [2.05, 4.69) is 5.32 Å². The van der Waals surface area contributed by atoms with Crippen LogP contribution in [0, 0.1) is 0 Å². The second-order valence-electron chi connectivity index (χ2n) is 5.22. The Bertz CT molecular complexity index is 639. The summed E-state index contributed by atoms with van der Waals surface area (Å²) in [5.74, 6) is -1.67. The number of carbonyl (C=O) groups excluding carboxylic acids is 2. The molecule has 0 fully saturated rings. The molecule has 1 unspecified atom stereocenters. The van der Waals surface area contributed by atoms with E-state index in [1.54, 1.807) is 6.20 Å². The quantitative estimate of drug-likeness (QED) is 0.883. The van der Waals surface area contributed by atoms with Crippen LogP contribution in [-0.2, 0) is 14.4 Å². The highest BCUT2D eigenvalue weighted by atomic mass is 16.4. The largest absolute Gasteiger partial charge is 0.480 e. The van der Waals surface area contributed by atoms with Crippen LogP contribution in [-0.4, -0.2) is 33.8 Å². The first kappa shape index (κ1) is 15.8. The van der Waals surface area contributed by atoms with Gasteiger partial charge in [0.25, 0.3) is 0 Å². The summed E-state index contributed by atoms with van der Waals surface area (Å²) >= 11 is 0. The van der Waals surface area contributed by atoms with Crippen molar-refractivity contribution in [2.75, 3.05) is 0 Å². The van der Waals surface area contributed by atoms with E-state index in [0.717, 1.165) is 11.1 Å². The van der Waals surface area contributed by atoms with Gasteiger partial charge in [-0.25, -0.2) is 0 Å². The van der Waals surface area contributed by atoms with Crippen molar-refractivity contribution in [1.29, 1.82) is 0 Å². The van der Waals surface area contributed by atoms with Crippen molar-refractivity contribution in [1.82, 2.24) is 10.2 Å². The molecule has 0 radical (unpaired) electrons. The lowest BCUT2D eigenvalue weighted by Crippen LogP contribution is -2.41. The van der Waals surface area contributed by atoms with E-state index in [1.165, 1.54) is 18.7 Å². The van der Waals surface area contributed by atoms with E-state index in [0.29, 0.717) is 0 Å². The van der Waals surface area contributed by atoms with Gasteiger partial charge in [0, 0.05) is 13.1 Å². The van der Waals surface area contributed by atoms with Crippen molar-refractivity contribution in [3.8, 4) is 0 Å². The van der Waals surface area contributed by atoms with Gasteiger partial charge < -0.3 is 15.3 Å². The average molecular weight is 302 g/mol. The number of amides is 2. The molecule has 1 aliphatic rings. The van der Waals surface area contributed by atoms with Crippen LogP contribution in [0.15, 0.2) is 30.5 Å². The zero-order chi connectivity index (χ0) is 16.3. The Morgan fingerprint density at radius 1 is 1.32 bits per heavy atom. The fourth-order valence-corrected chi connectivity index (χ4v) is 2.45. The van der Waals surface area contributed by atoms with E-state index < -0.39 is 24.0 Å². The molecule has 6 heteroatoms. The zero-order valence-electron chi connectivity index (χ0n) is 12.4. The monoisotopic (exact) mass is 302 g/mol. The molecule has 1 heterocycles. The summed E-state index contributed by atoms with van der Waals surface area (Å²) in [6, 6.07) is 6.12. The molecule has 116 valence electrons. The molecular weight excluding hydrogens is 284 g/mol. The maximum absolute atomic E-state index is 12.1. The van der Waals surface area contributed by atoms with Crippen LogP contribution in [0.2, 0.25) is 0 Å². The number of carbonyl (C=O) groups is 3. The summed E-state index contributed by atoms with van der Waals surface area (Å²) in [6.45, 7) is 2.83. The topological polar surface area (TPSA) is 86.7 Å². The van der Waals surface area contributed by atoms with E-state index in [9.17, 15) is 14.4 Å². The van der Waals surface area contributed by atoms with E-state index in [-0.39, 0.29) is 12.3 Å². The second-order valence-corrected chi connectivity index (χ2v) is 5.22. The number of hydrogen-bond acceptors (Lipinski definition) is 3. The second kappa shape index (κ2) is 6.43. The van der Waals surface area contributed by atoms with Gasteiger partial charge in [0.05, 0.1) is 12.5 Å². The van der Waals surface area contributed by atoms with E-state index in [1.807, 2.05) is 30.3 Å². The molecule has 1 aromatic rings. The van der Waals surface area contributed by atoms with E-state index >= 15 is 0 Å². The van der Waals surface area contributed by atoms with Gasteiger partial charge in [0.15, 0.2) is 0 Å². The van der Waals surface area contributed by atoms with Crippen molar-refractivity contribution in [3.63, 3.8) is 0 Å². The van der Waals surface area contributed by atoms with Crippen LogP contribution in [0.5, 0.6) is 0 Å². The Labute approximate surface area is 128 Å². The lowest BCUT2D eigenvalue weighted by molar-refractivity contribution is -0.141. The van der Waals surface area contributed by atoms with Gasteiger partial charge >= 0.3 is 5.97 Å². The number of aliphatic carboxylic acids is 1. The lowest BCUT2D eigenvalue weighted by Gasteiger charge is -2.32. The first-order valence-corrected chi connectivity index (χ1v) is 6.98. The average Bonchev–Trinajstić information content (AvgIpc) is 2.46. The Balaban J connectivity index is 2.22. The first-order valence-electron chi connectivity index (χ1n) is 6.98. The molecule has 0 bridgehead atoms. The van der Waals surface area contributed by atoms with Crippen molar-refractivity contribution >= 4 is 23.9 Å². The van der Waals surface area contributed by atoms with Crippen LogP contribution < -0.4 is 5.32 Å². The number of benzene rings is 1. The summed E-state index contributed by atoms with van der Waals surface area (Å²) in [4.78, 5) is 36.1. The first-order chi connectivity index (χ1) is 10.4. The number of carboxylic acids is 1. The highest BCUT2D eigenvalue weighted by Gasteiger charge is 2.28. The maximum Gasteiger partial charge on any atom is 0.325 e. The third-order valence-corrected chi connectivity index (χ3v) is 3.60. The molecule has 0 aliphatic carbocycles. The summed E-state index contributed by atoms with van der Waals surface area (Å²) in [5, 5.41) is 11.3. The van der Waals surface area contributed by atoms with Crippen molar-refractivity contribution in [2.24, 2.45) is 0 Å². The standard InChI is InChI=1S/C16H18N2O4/c1-10(16(21)22)17-15(20)9-14-13-6-4-3-5-12(13)7-8-18(14)11(2)19/h3-8,10,14H,9H2,1-2H3,(H,17,20)(H,21,22)/t10-,14?/m0/s1. The molecule has 2 amide bonds. The summed E-state index contributed by atoms with van der Waals surface area (Å²) < 4.78 is 0. The number of rotatable bonds is 4. The predicted octanol–water partition coefficient (Wildman–Crippen LogP) is 1.54. The summed E-state index contributed by atoms with van der Waals surface area (Å²) in [7, 11) is 0. The Morgan fingerprint density at radius 3 is 2.64 bits per heavy atom. The molecule has 0 saturated heterocycles. The maximum atomic E-state index is 12.1. The van der Waals surface area contributed by atoms with Crippen LogP contribution in [0.1, 0.15) is 37.4 Å². The van der Waals surface area contributed by atoms with Gasteiger partial charge in [-0.3, -0.25) is 14.4 Å². The third kappa shape index (κ3) is 3.33. The van der Waals surface area contributed by atoms with Crippen LogP contribution in [0.4, 0.5) is 0 Å². The number of nitrogens with zero attached hydrogens (tertiary/aromatic N) is 1. The number of carboxylic acid groups (broad SMARTS) is 1. The van der Waals surface area contributed by atoms with E-state index in [4.69, 9.17) is 5.11 Å². The van der Waals surface area contributed by atoms with Crippen LogP contribution >= 0.6 is 0 Å². The van der Waals surface area contributed by atoms with Crippen LogP contribution in [0.3, 0.4) is 0 Å². The minimum atomic E-state index is -1.10. The van der Waals surface area contributed by atoms with Crippen molar-refractivity contribution < 1.29 is 19.5 Å². The normalized spacial score (nSPS) is 17.5. The third-order valence-electron chi connectivity index (χ3n) is 3.60. The smallest absolute Gasteiger partial charge is 0.325 e. The van der Waals surface area contributed by atoms with Crippen molar-refractivity contribution in [3.05, 3.63) is 41.6 Å². The molecule has 0 saturated carbocycles. The highest BCUT2D eigenvalue weighted by Crippen LogP contribution is 2.32. The van der Waals surface area contributed by atoms with Gasteiger partial charge in [-0.2, -0.15) is 0 Å². The van der Waals surface area contributed by atoms with Gasteiger partial charge in [-0.05, 0) is 24.1 Å². The molecular formula is C16H18N2O4. The summed E-state index contributed by atoms with van der Waals surface area (Å²) in [5.41, 5.74) is 1.82. The molecule has 2 rings (SSSR count). The minimum Gasteiger partial charge on any atom is -0.480 e. The molecule has 2 N–H and O–H groups in total. The highest BCUT2D eigenvalue weighted by molar-refractivity contribution is 5.85. The molecule has 0 spiro atoms. The zero-order valence-corrected chi connectivity index (χ0v) is 12.4. The van der Waals surface area contributed by atoms with Gasteiger partial charge in [0.2, 0.25) is 11.8 Å². The predicted molar refractivity (Wildman–Crippen MR) is 80.6 cm³/mol. The fourth-order valence-electron chi connectivity index (χ4n) is 2.45. The molecule has 2 atom stereocenters. The minimum absolute atomic E-state index is 0.0125. The molecule has 22 heavy (non-hydrogen) atoms. The summed E-state index contributed by atoms with van der Waals surface area (Å²) in [6.07, 6.45) is 3.49. The lowest BCUT2D eigenvalue weighted by atomic mass is 9.93. The van der Waals surface area contributed by atoms with Crippen LogP contribution in [0.25, 0.3) is 6.08 Å². The van der Waals surface area contributed by atoms with Gasteiger partial charge in [0.1, 0.15) is 6.04 Å². The van der Waals surface area contributed by atoms with Gasteiger partial charge in [-0.1, -0.05) is 24.3 Å². The fraction of sp³-hybridized carbons (Fsp3) is 0.312. The van der Waals surface area contributed by atoms with Crippen molar-refractivity contribution in [2.45, 2.75) is 32.4 Å². The Morgan fingerprint density at radius 2 is 2.00 bits per heavy atom. The SMILES string of the molecule is CC(=O)N1C=Cc2ccccc2C1CC(=O)N[C@@H](C)C(=O)O. The molecule has 1 aromatic carbocycles. The number of hydrogen-bond donors (Lipinski definition) is 2. The molecule has 0 aromatic heterocycles. The Kier molecular flexibility index (Phi) is 4.60. The Hall–Kier alpha value is -2.63. The number of fused-ring (bicyclic) bond motifs is 1. The molecule has 1 aliphatic heterocycles.